The van der Waals surface area contributed by atoms with Gasteiger partial charge in [0.2, 0.25) is 0 Å². The van der Waals surface area contributed by atoms with Gasteiger partial charge >= 0.3 is 0 Å². The van der Waals surface area contributed by atoms with E-state index in [9.17, 15) is 0 Å². The predicted molar refractivity (Wildman–Crippen MR) is 68.8 cm³/mol. The highest BCUT2D eigenvalue weighted by Crippen LogP contribution is 2.18. The molecular formula is C12H13ClN2S. The highest BCUT2D eigenvalue weighted by atomic mass is 35.5. The fraction of sp³-hybridized carbons (Fsp3) is 0.250. The molecule has 0 saturated carbocycles. The number of halogens is 1. The first-order valence-electron chi connectivity index (χ1n) is 5.09. The van der Waals surface area contributed by atoms with E-state index >= 15 is 0 Å². The Hall–Kier alpha value is -0.900. The summed E-state index contributed by atoms with van der Waals surface area (Å²) in [5.74, 6) is 0. The third kappa shape index (κ3) is 3.04. The van der Waals surface area contributed by atoms with E-state index in [0.717, 1.165) is 18.1 Å². The first-order chi connectivity index (χ1) is 7.75. The molecule has 0 aromatic carbocycles. The zero-order valence-electron chi connectivity index (χ0n) is 9.03. The lowest BCUT2D eigenvalue weighted by molar-refractivity contribution is 0.696. The minimum atomic E-state index is 0.819. The van der Waals surface area contributed by atoms with E-state index in [-0.39, 0.29) is 0 Å². The number of aryl methyl sites for hydroxylation is 1. The molecule has 0 amide bonds. The highest BCUT2D eigenvalue weighted by Gasteiger charge is 1.99. The van der Waals surface area contributed by atoms with Gasteiger partial charge in [-0.05, 0) is 30.2 Å². The summed E-state index contributed by atoms with van der Waals surface area (Å²) in [5.41, 5.74) is 2.51. The van der Waals surface area contributed by atoms with Gasteiger partial charge in [0.25, 0.3) is 0 Å². The van der Waals surface area contributed by atoms with Crippen LogP contribution in [0.5, 0.6) is 0 Å². The number of nitrogens with one attached hydrogen (secondary N) is 1. The first kappa shape index (κ1) is 11.6. The number of aromatic nitrogens is 1. The Bertz CT molecular complexity index is 468. The van der Waals surface area contributed by atoms with Crippen LogP contribution in [0.3, 0.4) is 0 Å². The minimum Gasteiger partial charge on any atom is -0.308 e. The van der Waals surface area contributed by atoms with Crippen molar-refractivity contribution in [2.24, 2.45) is 0 Å². The maximum absolute atomic E-state index is 5.85. The molecule has 0 unspecified atom stereocenters. The second-order valence-corrected chi connectivity index (χ2v) is 5.07. The van der Waals surface area contributed by atoms with Crippen molar-refractivity contribution in [2.75, 3.05) is 0 Å². The van der Waals surface area contributed by atoms with Crippen molar-refractivity contribution in [3.05, 3.63) is 50.9 Å². The second-order valence-electron chi connectivity index (χ2n) is 3.64. The average Bonchev–Trinajstić information content (AvgIpc) is 2.67. The van der Waals surface area contributed by atoms with Crippen molar-refractivity contribution in [1.29, 1.82) is 0 Å². The minimum absolute atomic E-state index is 0.819. The molecule has 0 saturated heterocycles. The third-order valence-electron chi connectivity index (χ3n) is 2.38. The Morgan fingerprint density at radius 3 is 3.00 bits per heavy atom. The van der Waals surface area contributed by atoms with Gasteiger partial charge < -0.3 is 5.32 Å². The Morgan fingerprint density at radius 2 is 2.31 bits per heavy atom. The van der Waals surface area contributed by atoms with Crippen molar-refractivity contribution in [3.63, 3.8) is 0 Å². The number of rotatable bonds is 4. The Balaban J connectivity index is 1.87. The molecule has 4 heteroatoms. The number of hydrogen-bond donors (Lipinski definition) is 1. The van der Waals surface area contributed by atoms with E-state index in [0.29, 0.717) is 0 Å². The molecule has 0 aliphatic heterocycles. The zero-order valence-corrected chi connectivity index (χ0v) is 10.6. The van der Waals surface area contributed by atoms with Crippen molar-refractivity contribution >= 4 is 22.9 Å². The van der Waals surface area contributed by atoms with Crippen molar-refractivity contribution < 1.29 is 0 Å². The number of pyridine rings is 1. The fourth-order valence-electron chi connectivity index (χ4n) is 1.45. The molecule has 2 aromatic rings. The summed E-state index contributed by atoms with van der Waals surface area (Å²) in [6.07, 6.45) is 3.72. The van der Waals surface area contributed by atoms with Crippen LogP contribution in [-0.2, 0) is 13.1 Å². The van der Waals surface area contributed by atoms with Crippen molar-refractivity contribution in [3.8, 4) is 0 Å². The molecule has 0 bridgehead atoms. The van der Waals surface area contributed by atoms with Gasteiger partial charge in [-0.2, -0.15) is 0 Å². The molecule has 2 nitrogen and oxygen atoms in total. The van der Waals surface area contributed by atoms with E-state index in [2.05, 4.69) is 17.2 Å². The van der Waals surface area contributed by atoms with Crippen LogP contribution >= 0.6 is 22.9 Å². The summed E-state index contributed by atoms with van der Waals surface area (Å²) in [6, 6.07) is 4.02. The molecule has 0 spiro atoms. The average molecular weight is 253 g/mol. The predicted octanol–water partition coefficient (Wildman–Crippen LogP) is 3.39. The summed E-state index contributed by atoms with van der Waals surface area (Å²) in [7, 11) is 0. The van der Waals surface area contributed by atoms with Gasteiger partial charge in [0, 0.05) is 35.7 Å². The summed E-state index contributed by atoms with van der Waals surface area (Å²) in [4.78, 5) is 5.37. The standard InChI is InChI=1S/C12H13ClN2S/c1-9-2-3-14-5-10(9)6-15-7-12-4-11(13)8-16-12/h2-5,8,15H,6-7H2,1H3. The van der Waals surface area contributed by atoms with Gasteiger partial charge in [0.05, 0.1) is 5.02 Å². The van der Waals surface area contributed by atoms with E-state index in [4.69, 9.17) is 11.6 Å². The third-order valence-corrected chi connectivity index (χ3v) is 3.67. The molecule has 0 aliphatic rings. The molecule has 0 atom stereocenters. The SMILES string of the molecule is Cc1ccncc1CNCc1cc(Cl)cs1. The molecule has 1 N–H and O–H groups in total. The van der Waals surface area contributed by atoms with Crippen LogP contribution in [0, 0.1) is 6.92 Å². The van der Waals surface area contributed by atoms with Gasteiger partial charge in [-0.1, -0.05) is 11.6 Å². The first-order valence-corrected chi connectivity index (χ1v) is 6.34. The van der Waals surface area contributed by atoms with E-state index in [1.54, 1.807) is 11.3 Å². The van der Waals surface area contributed by atoms with Crippen LogP contribution in [0.4, 0.5) is 0 Å². The number of nitrogens with zero attached hydrogens (tertiary/aromatic N) is 1. The summed E-state index contributed by atoms with van der Waals surface area (Å²) < 4.78 is 0. The molecular weight excluding hydrogens is 240 g/mol. The maximum Gasteiger partial charge on any atom is 0.0516 e. The summed E-state index contributed by atoms with van der Waals surface area (Å²) in [6.45, 7) is 3.79. The van der Waals surface area contributed by atoms with Crippen LogP contribution in [0.15, 0.2) is 29.9 Å². The topological polar surface area (TPSA) is 24.9 Å². The number of thiophene rings is 1. The summed E-state index contributed by atoms with van der Waals surface area (Å²) in [5, 5.41) is 6.16. The van der Waals surface area contributed by atoms with Gasteiger partial charge in [-0.3, -0.25) is 4.98 Å². The monoisotopic (exact) mass is 252 g/mol. The molecule has 2 rings (SSSR count). The van der Waals surface area contributed by atoms with Gasteiger partial charge in [-0.25, -0.2) is 0 Å². The van der Waals surface area contributed by atoms with E-state index in [1.807, 2.05) is 29.9 Å². The molecule has 0 aliphatic carbocycles. The largest absolute Gasteiger partial charge is 0.308 e. The van der Waals surface area contributed by atoms with E-state index < -0.39 is 0 Å². The zero-order chi connectivity index (χ0) is 11.4. The van der Waals surface area contributed by atoms with Crippen LogP contribution in [0.1, 0.15) is 16.0 Å². The Morgan fingerprint density at radius 1 is 1.44 bits per heavy atom. The van der Waals surface area contributed by atoms with Crippen LogP contribution in [0.2, 0.25) is 5.02 Å². The van der Waals surface area contributed by atoms with E-state index in [1.165, 1.54) is 16.0 Å². The lowest BCUT2D eigenvalue weighted by Crippen LogP contribution is -2.12. The summed E-state index contributed by atoms with van der Waals surface area (Å²) >= 11 is 7.53. The lowest BCUT2D eigenvalue weighted by atomic mass is 10.1. The van der Waals surface area contributed by atoms with Gasteiger partial charge in [0.15, 0.2) is 0 Å². The van der Waals surface area contributed by atoms with Gasteiger partial charge in [-0.15, -0.1) is 11.3 Å². The molecule has 2 heterocycles. The lowest BCUT2D eigenvalue weighted by Gasteiger charge is -2.05. The number of hydrogen-bond acceptors (Lipinski definition) is 3. The molecule has 16 heavy (non-hydrogen) atoms. The Kier molecular flexibility index (Phi) is 3.93. The molecule has 2 aromatic heterocycles. The van der Waals surface area contributed by atoms with Crippen LogP contribution < -0.4 is 5.32 Å². The normalized spacial score (nSPS) is 10.6. The highest BCUT2D eigenvalue weighted by molar-refractivity contribution is 7.10. The fourth-order valence-corrected chi connectivity index (χ4v) is 2.49. The molecule has 0 fully saturated rings. The molecule has 0 radical (unpaired) electrons. The molecule has 84 valence electrons. The van der Waals surface area contributed by atoms with Crippen molar-refractivity contribution in [2.45, 2.75) is 20.0 Å². The maximum atomic E-state index is 5.85. The quantitative estimate of drug-likeness (QED) is 0.902. The van der Waals surface area contributed by atoms with Crippen LogP contribution in [0.25, 0.3) is 0 Å². The van der Waals surface area contributed by atoms with Crippen molar-refractivity contribution in [1.82, 2.24) is 10.3 Å². The van der Waals surface area contributed by atoms with Gasteiger partial charge in [0.1, 0.15) is 0 Å². The van der Waals surface area contributed by atoms with Crippen LogP contribution in [-0.4, -0.2) is 4.98 Å². The second kappa shape index (κ2) is 5.43. The smallest absolute Gasteiger partial charge is 0.0516 e. The Labute approximate surface area is 104 Å².